The summed E-state index contributed by atoms with van der Waals surface area (Å²) in [6.07, 6.45) is -1.50. The molecule has 29 heteroatoms. The number of aliphatic carboxylic acids is 3. The van der Waals surface area contributed by atoms with Crippen LogP contribution in [0.15, 0.2) is 9.98 Å². The maximum absolute atomic E-state index is 14.0. The van der Waals surface area contributed by atoms with Gasteiger partial charge in [0.05, 0.1) is 0 Å². The number of guanidine groups is 2. The Kier molecular flexibility index (Phi) is 28.5. The molecule has 7 atom stereocenters. The molecule has 0 aromatic rings. The number of rotatable bonds is 34. The first-order chi connectivity index (χ1) is 30.9. The Hall–Kier alpha value is -6.94. The van der Waals surface area contributed by atoms with E-state index in [2.05, 4.69) is 47.2 Å². The van der Waals surface area contributed by atoms with Gasteiger partial charge in [-0.1, -0.05) is 0 Å². The van der Waals surface area contributed by atoms with Gasteiger partial charge in [-0.3, -0.25) is 62.7 Å². The molecule has 0 saturated carbocycles. The molecule has 0 heterocycles. The number of primary amides is 1. The molecule has 20 N–H and O–H groups in total. The van der Waals surface area contributed by atoms with Crippen LogP contribution in [-0.2, 0) is 52.7 Å². The minimum atomic E-state index is -1.63. The van der Waals surface area contributed by atoms with E-state index in [0.29, 0.717) is 0 Å². The first kappa shape index (κ1) is 59.1. The van der Waals surface area contributed by atoms with E-state index < -0.39 is 140 Å². The van der Waals surface area contributed by atoms with Gasteiger partial charge in [-0.05, 0) is 70.3 Å². The third-order valence-corrected chi connectivity index (χ3v) is 9.71. The van der Waals surface area contributed by atoms with Crippen LogP contribution in [0.4, 0.5) is 0 Å². The van der Waals surface area contributed by atoms with E-state index in [1.165, 1.54) is 18.7 Å². The van der Waals surface area contributed by atoms with Crippen molar-refractivity contribution < 1.29 is 68.1 Å². The van der Waals surface area contributed by atoms with Crippen molar-refractivity contribution in [3.05, 3.63) is 0 Å². The molecule has 8 amide bonds. The van der Waals surface area contributed by atoms with Crippen LogP contribution in [0.3, 0.4) is 0 Å². The number of carboxylic acid groups (broad SMARTS) is 3. The molecule has 28 nitrogen and oxygen atoms in total. The number of carboxylic acids is 3. The predicted molar refractivity (Wildman–Crippen MR) is 237 cm³/mol. The van der Waals surface area contributed by atoms with E-state index in [9.17, 15) is 63.0 Å². The summed E-state index contributed by atoms with van der Waals surface area (Å²) >= 11 is 1.25. The lowest BCUT2D eigenvalue weighted by Crippen LogP contribution is -2.60. The van der Waals surface area contributed by atoms with Crippen LogP contribution in [0, 0.1) is 0 Å². The zero-order valence-corrected chi connectivity index (χ0v) is 37.8. The zero-order chi connectivity index (χ0) is 50.5. The molecular formula is C37H64N14O14S. The van der Waals surface area contributed by atoms with Crippen molar-refractivity contribution in [3.8, 4) is 0 Å². The van der Waals surface area contributed by atoms with Crippen LogP contribution < -0.4 is 65.9 Å². The van der Waals surface area contributed by atoms with Crippen molar-refractivity contribution in [1.29, 1.82) is 0 Å². The molecule has 0 aliphatic heterocycles. The molecule has 0 spiro atoms. The first-order valence-corrected chi connectivity index (χ1v) is 21.9. The fourth-order valence-corrected chi connectivity index (χ4v) is 6.13. The summed E-state index contributed by atoms with van der Waals surface area (Å²) in [6, 6.07) is -10.4. The van der Waals surface area contributed by atoms with E-state index in [0.717, 1.165) is 6.92 Å². The van der Waals surface area contributed by atoms with Crippen molar-refractivity contribution in [2.45, 2.75) is 127 Å². The van der Waals surface area contributed by atoms with E-state index in [1.54, 1.807) is 6.26 Å². The van der Waals surface area contributed by atoms with E-state index in [4.69, 9.17) is 33.8 Å². The number of hydrogen-bond acceptors (Lipinski definition) is 14. The molecule has 0 rings (SSSR count). The Bertz CT molecular complexity index is 1780. The summed E-state index contributed by atoms with van der Waals surface area (Å²) in [4.78, 5) is 147. The minimum Gasteiger partial charge on any atom is -0.481 e. The summed E-state index contributed by atoms with van der Waals surface area (Å²) < 4.78 is 0. The molecule has 66 heavy (non-hydrogen) atoms. The lowest BCUT2D eigenvalue weighted by molar-refractivity contribution is -0.142. The van der Waals surface area contributed by atoms with Crippen molar-refractivity contribution in [3.63, 3.8) is 0 Å². The second kappa shape index (κ2) is 31.8. The van der Waals surface area contributed by atoms with Crippen molar-refractivity contribution in [2.75, 3.05) is 25.1 Å². The molecule has 0 radical (unpaired) electrons. The normalized spacial score (nSPS) is 13.8. The zero-order valence-electron chi connectivity index (χ0n) is 37.0. The number of amides is 8. The molecular weight excluding hydrogens is 897 g/mol. The average molecular weight is 961 g/mol. The van der Waals surface area contributed by atoms with Crippen LogP contribution in [0.5, 0.6) is 0 Å². The summed E-state index contributed by atoms with van der Waals surface area (Å²) in [5, 5.41) is 44.4. The molecule has 0 aliphatic carbocycles. The average Bonchev–Trinajstić information content (AvgIpc) is 3.21. The molecule has 372 valence electrons. The van der Waals surface area contributed by atoms with Crippen molar-refractivity contribution in [1.82, 2.24) is 37.2 Å². The van der Waals surface area contributed by atoms with Crippen LogP contribution in [0.1, 0.15) is 84.5 Å². The van der Waals surface area contributed by atoms with Crippen LogP contribution in [0.25, 0.3) is 0 Å². The standard InChI is InChI=1S/C37H64N14O14S/c1-18(35(64)65)45-29(58)20(6-4-15-43-36(39)40)47-30(59)21(7-5-16-44-37(41)42)48-32(61)23(8-11-26(38)53)49-34(63)25(14-17-66-3)51-33(62)24(10-13-28(56)57)50-31(60)22(46-19(2)52)9-12-27(54)55/h18,20-25H,4-17H2,1-3H3,(H2,38,53)(H,45,58)(H,46,52)(H,47,59)(H,48,61)(H,49,63)(H,50,60)(H,51,62)(H,54,55)(H,56,57)(H,64,65)(H4,39,40,43)(H4,41,42,44)/t18-,20-,21-,22-,23-,24-,25-/m0/s1. The first-order valence-electron chi connectivity index (χ1n) is 20.5. The number of thioether (sulfide) groups is 1. The van der Waals surface area contributed by atoms with Crippen molar-refractivity contribution in [2.24, 2.45) is 38.7 Å². The Morgan fingerprint density at radius 1 is 0.485 bits per heavy atom. The quantitative estimate of drug-likeness (QED) is 0.0162. The summed E-state index contributed by atoms with van der Waals surface area (Å²) in [5.74, 6) is -11.8. The van der Waals surface area contributed by atoms with Gasteiger partial charge in [0.2, 0.25) is 47.3 Å². The Morgan fingerprint density at radius 2 is 0.803 bits per heavy atom. The summed E-state index contributed by atoms with van der Waals surface area (Å²) in [7, 11) is 0. The molecule has 0 fully saturated rings. The number of carbonyl (C=O) groups excluding carboxylic acids is 8. The highest BCUT2D eigenvalue weighted by Crippen LogP contribution is 2.10. The Balaban J connectivity index is 6.75. The largest absolute Gasteiger partial charge is 0.481 e. The maximum Gasteiger partial charge on any atom is 0.325 e. The smallest absolute Gasteiger partial charge is 0.325 e. The van der Waals surface area contributed by atoms with Gasteiger partial charge in [0.1, 0.15) is 42.3 Å². The Labute approximate surface area is 383 Å². The lowest BCUT2D eigenvalue weighted by Gasteiger charge is -2.27. The highest BCUT2D eigenvalue weighted by molar-refractivity contribution is 7.98. The molecule has 0 aromatic heterocycles. The van der Waals surface area contributed by atoms with E-state index in [1.807, 2.05) is 0 Å². The molecule has 0 aromatic carbocycles. The highest BCUT2D eigenvalue weighted by Gasteiger charge is 2.34. The maximum atomic E-state index is 14.0. The SMILES string of the molecule is CSCC[C@H](NC(=O)[C@H](CCC(=O)O)NC(=O)[C@H](CCC(=O)O)NC(C)=O)C(=O)N[C@@H](CCC(N)=O)C(=O)N[C@@H](CCCN=C(N)N)C(=O)N[C@@H](CCCN=C(N)N)C(=O)N[C@@H](C)C(=O)O. The number of carbonyl (C=O) groups is 11. The molecule has 0 bridgehead atoms. The monoisotopic (exact) mass is 960 g/mol. The predicted octanol–water partition coefficient (Wildman–Crippen LogP) is -5.64. The third kappa shape index (κ3) is 26.6. The van der Waals surface area contributed by atoms with Crippen LogP contribution in [-0.4, -0.2) is 160 Å². The number of aliphatic imine (C=N–C) groups is 2. The van der Waals surface area contributed by atoms with Crippen LogP contribution in [0.2, 0.25) is 0 Å². The number of nitrogens with one attached hydrogen (secondary N) is 7. The Morgan fingerprint density at radius 3 is 1.11 bits per heavy atom. The fraction of sp³-hybridized carbons (Fsp3) is 0.649. The van der Waals surface area contributed by atoms with Gasteiger partial charge in [0.15, 0.2) is 11.9 Å². The van der Waals surface area contributed by atoms with E-state index >= 15 is 0 Å². The molecule has 0 aliphatic rings. The third-order valence-electron chi connectivity index (χ3n) is 9.06. The lowest BCUT2D eigenvalue weighted by atomic mass is 10.0. The highest BCUT2D eigenvalue weighted by atomic mass is 32.2. The van der Waals surface area contributed by atoms with Gasteiger partial charge in [-0.2, -0.15) is 11.8 Å². The number of hydrogen-bond donors (Lipinski definition) is 15. The topological polar surface area (TPSA) is 487 Å². The van der Waals surface area contributed by atoms with Gasteiger partial charge in [-0.25, -0.2) is 0 Å². The molecule has 0 saturated heterocycles. The summed E-state index contributed by atoms with van der Waals surface area (Å²) in [6.45, 7) is 2.26. The second-order valence-electron chi connectivity index (χ2n) is 14.7. The van der Waals surface area contributed by atoms with Gasteiger partial charge < -0.3 is 81.2 Å². The molecule has 0 unspecified atom stereocenters. The van der Waals surface area contributed by atoms with Gasteiger partial charge >= 0.3 is 17.9 Å². The van der Waals surface area contributed by atoms with Crippen LogP contribution >= 0.6 is 11.8 Å². The fourth-order valence-electron chi connectivity index (χ4n) is 5.66. The van der Waals surface area contributed by atoms with E-state index in [-0.39, 0.29) is 69.3 Å². The number of nitrogens with zero attached hydrogens (tertiary/aromatic N) is 2. The summed E-state index contributed by atoms with van der Waals surface area (Å²) in [5.41, 5.74) is 26.9. The minimum absolute atomic E-state index is 0.0245. The van der Waals surface area contributed by atoms with Gasteiger partial charge in [-0.15, -0.1) is 0 Å². The second-order valence-corrected chi connectivity index (χ2v) is 15.7. The number of nitrogens with two attached hydrogens (primary N) is 5. The van der Waals surface area contributed by atoms with Gasteiger partial charge in [0.25, 0.3) is 0 Å². The van der Waals surface area contributed by atoms with Gasteiger partial charge in [0, 0.05) is 39.3 Å². The van der Waals surface area contributed by atoms with Crippen molar-refractivity contribution >= 4 is 88.8 Å².